The highest BCUT2D eigenvalue weighted by molar-refractivity contribution is 8.06. The standard InChI is InChI=1S/C12H22S2/c1-2-3-7-13-11-6-4-5-10(8-11)12-9-14-12/h10-12H,2-9H2,1H3. The smallest absolute Gasteiger partial charge is 0.0167 e. The van der Waals surface area contributed by atoms with Crippen LogP contribution in [0.4, 0.5) is 0 Å². The van der Waals surface area contributed by atoms with Gasteiger partial charge in [-0.05, 0) is 37.4 Å². The molecule has 0 nitrogen and oxygen atoms in total. The van der Waals surface area contributed by atoms with Crippen molar-refractivity contribution in [1.29, 1.82) is 0 Å². The summed E-state index contributed by atoms with van der Waals surface area (Å²) >= 11 is 4.46. The van der Waals surface area contributed by atoms with Gasteiger partial charge in [-0.2, -0.15) is 23.5 Å². The molecule has 3 atom stereocenters. The molecule has 1 aliphatic heterocycles. The highest BCUT2D eigenvalue weighted by Gasteiger charge is 2.35. The Labute approximate surface area is 97.0 Å². The van der Waals surface area contributed by atoms with Crippen molar-refractivity contribution < 1.29 is 0 Å². The van der Waals surface area contributed by atoms with Gasteiger partial charge in [0.25, 0.3) is 0 Å². The fraction of sp³-hybridized carbons (Fsp3) is 1.00. The molecule has 1 aliphatic carbocycles. The largest absolute Gasteiger partial charge is 0.159 e. The molecule has 14 heavy (non-hydrogen) atoms. The van der Waals surface area contributed by atoms with Gasteiger partial charge in [0.1, 0.15) is 0 Å². The van der Waals surface area contributed by atoms with Crippen LogP contribution in [0.2, 0.25) is 0 Å². The quantitative estimate of drug-likeness (QED) is 0.513. The van der Waals surface area contributed by atoms with E-state index in [1.54, 1.807) is 0 Å². The molecule has 3 unspecified atom stereocenters. The van der Waals surface area contributed by atoms with E-state index in [0.29, 0.717) is 0 Å². The van der Waals surface area contributed by atoms with Gasteiger partial charge in [0.2, 0.25) is 0 Å². The van der Waals surface area contributed by atoms with Gasteiger partial charge in [0.15, 0.2) is 0 Å². The highest BCUT2D eigenvalue weighted by atomic mass is 32.2. The molecular formula is C12H22S2. The van der Waals surface area contributed by atoms with E-state index in [1.807, 2.05) is 0 Å². The minimum atomic E-state index is 1.02. The second-order valence-corrected chi connectivity index (χ2v) is 7.33. The molecule has 1 heterocycles. The maximum absolute atomic E-state index is 2.30. The number of thioether (sulfide) groups is 2. The summed E-state index contributed by atoms with van der Waals surface area (Å²) in [7, 11) is 0. The lowest BCUT2D eigenvalue weighted by Gasteiger charge is -2.28. The lowest BCUT2D eigenvalue weighted by Crippen LogP contribution is -2.21. The summed E-state index contributed by atoms with van der Waals surface area (Å²) < 4.78 is 0. The summed E-state index contributed by atoms with van der Waals surface area (Å²) in [4.78, 5) is 0. The molecule has 2 fully saturated rings. The molecule has 2 heteroatoms. The first-order valence-electron chi connectivity index (χ1n) is 6.13. The summed E-state index contributed by atoms with van der Waals surface area (Å²) in [6.45, 7) is 2.30. The zero-order valence-electron chi connectivity index (χ0n) is 9.21. The molecule has 0 spiro atoms. The van der Waals surface area contributed by atoms with Crippen molar-refractivity contribution in [1.82, 2.24) is 0 Å². The van der Waals surface area contributed by atoms with E-state index in [-0.39, 0.29) is 0 Å². The Kier molecular flexibility index (Phi) is 4.55. The third kappa shape index (κ3) is 3.37. The third-order valence-corrected chi connectivity index (χ3v) is 5.93. The summed E-state index contributed by atoms with van der Waals surface area (Å²) in [5, 5.41) is 2.09. The van der Waals surface area contributed by atoms with Crippen LogP contribution >= 0.6 is 23.5 Å². The monoisotopic (exact) mass is 230 g/mol. The summed E-state index contributed by atoms with van der Waals surface area (Å²) in [6, 6.07) is 0. The van der Waals surface area contributed by atoms with Crippen molar-refractivity contribution in [2.75, 3.05) is 11.5 Å². The fourth-order valence-electron chi connectivity index (χ4n) is 2.39. The molecular weight excluding hydrogens is 208 g/mol. The van der Waals surface area contributed by atoms with Crippen molar-refractivity contribution >= 4 is 23.5 Å². The number of rotatable bonds is 5. The van der Waals surface area contributed by atoms with Crippen LogP contribution in [-0.4, -0.2) is 22.0 Å². The second-order valence-electron chi connectivity index (χ2n) is 4.64. The SMILES string of the molecule is CCCCSC1CCCC(C2CS2)C1. The Bertz CT molecular complexity index is 166. The average molecular weight is 230 g/mol. The van der Waals surface area contributed by atoms with Gasteiger partial charge < -0.3 is 0 Å². The highest BCUT2D eigenvalue weighted by Crippen LogP contribution is 2.45. The molecule has 0 bridgehead atoms. The second kappa shape index (κ2) is 5.69. The lowest BCUT2D eigenvalue weighted by molar-refractivity contribution is 0.377. The van der Waals surface area contributed by atoms with Crippen molar-refractivity contribution in [2.45, 2.75) is 55.9 Å². The molecule has 0 aromatic rings. The molecule has 2 rings (SSSR count). The topological polar surface area (TPSA) is 0 Å². The lowest BCUT2D eigenvalue weighted by atomic mass is 9.87. The first-order chi connectivity index (χ1) is 6.90. The maximum Gasteiger partial charge on any atom is 0.0167 e. The van der Waals surface area contributed by atoms with Crippen molar-refractivity contribution in [3.05, 3.63) is 0 Å². The molecule has 1 saturated carbocycles. The Morgan fingerprint density at radius 2 is 2.21 bits per heavy atom. The third-order valence-electron chi connectivity index (χ3n) is 3.40. The molecule has 2 aliphatic rings. The summed E-state index contributed by atoms with van der Waals surface area (Å²) in [6.07, 6.45) is 8.86. The van der Waals surface area contributed by atoms with E-state index < -0.39 is 0 Å². The predicted molar refractivity (Wildman–Crippen MR) is 69.4 cm³/mol. The van der Waals surface area contributed by atoms with Crippen LogP contribution in [0.3, 0.4) is 0 Å². The molecule has 0 aromatic carbocycles. The van der Waals surface area contributed by atoms with Crippen LogP contribution in [0.15, 0.2) is 0 Å². The van der Waals surface area contributed by atoms with Crippen molar-refractivity contribution in [2.24, 2.45) is 5.92 Å². The predicted octanol–water partition coefficient (Wildman–Crippen LogP) is 4.19. The zero-order valence-corrected chi connectivity index (χ0v) is 10.8. The Morgan fingerprint density at radius 3 is 2.93 bits per heavy atom. The normalized spacial score (nSPS) is 37.1. The molecule has 0 N–H and O–H groups in total. The summed E-state index contributed by atoms with van der Waals surface area (Å²) in [5.41, 5.74) is 0. The van der Waals surface area contributed by atoms with Crippen LogP contribution in [0, 0.1) is 5.92 Å². The van der Waals surface area contributed by atoms with Crippen LogP contribution < -0.4 is 0 Å². The molecule has 1 saturated heterocycles. The van der Waals surface area contributed by atoms with Gasteiger partial charge in [0, 0.05) is 16.3 Å². The Hall–Kier alpha value is 0.700. The van der Waals surface area contributed by atoms with Crippen molar-refractivity contribution in [3.8, 4) is 0 Å². The van der Waals surface area contributed by atoms with E-state index >= 15 is 0 Å². The number of hydrogen-bond donors (Lipinski definition) is 0. The van der Waals surface area contributed by atoms with Crippen LogP contribution in [0.1, 0.15) is 45.4 Å². The van der Waals surface area contributed by atoms with Crippen molar-refractivity contribution in [3.63, 3.8) is 0 Å². The van der Waals surface area contributed by atoms with Gasteiger partial charge in [-0.15, -0.1) is 0 Å². The van der Waals surface area contributed by atoms with Crippen LogP contribution in [0.25, 0.3) is 0 Å². The maximum atomic E-state index is 2.30. The first-order valence-corrected chi connectivity index (χ1v) is 8.23. The van der Waals surface area contributed by atoms with Gasteiger partial charge in [0.05, 0.1) is 0 Å². The first kappa shape index (κ1) is 11.2. The molecule has 0 amide bonds. The van der Waals surface area contributed by atoms with Gasteiger partial charge in [-0.3, -0.25) is 0 Å². The van der Waals surface area contributed by atoms with Gasteiger partial charge in [-0.1, -0.05) is 19.8 Å². The molecule has 0 radical (unpaired) electrons. The van der Waals surface area contributed by atoms with E-state index in [0.717, 1.165) is 16.4 Å². The van der Waals surface area contributed by atoms with Gasteiger partial charge in [-0.25, -0.2) is 0 Å². The minimum absolute atomic E-state index is 1.02. The van der Waals surface area contributed by atoms with E-state index in [1.165, 1.54) is 50.0 Å². The molecule has 82 valence electrons. The van der Waals surface area contributed by atoms with Crippen LogP contribution in [0.5, 0.6) is 0 Å². The Balaban J connectivity index is 1.65. The van der Waals surface area contributed by atoms with Gasteiger partial charge >= 0.3 is 0 Å². The number of hydrogen-bond acceptors (Lipinski definition) is 2. The zero-order chi connectivity index (χ0) is 9.80. The summed E-state index contributed by atoms with van der Waals surface area (Å²) in [5.74, 6) is 3.97. The van der Waals surface area contributed by atoms with E-state index in [2.05, 4.69) is 30.4 Å². The van der Waals surface area contributed by atoms with Crippen LogP contribution in [-0.2, 0) is 0 Å². The van der Waals surface area contributed by atoms with E-state index in [4.69, 9.17) is 0 Å². The average Bonchev–Trinajstić information content (AvgIpc) is 3.02. The van der Waals surface area contributed by atoms with E-state index in [9.17, 15) is 0 Å². The molecule has 0 aromatic heterocycles. The Morgan fingerprint density at radius 1 is 1.36 bits per heavy atom. The fourth-order valence-corrected chi connectivity index (χ4v) is 4.80. The number of unbranched alkanes of at least 4 members (excludes halogenated alkanes) is 1. The minimum Gasteiger partial charge on any atom is -0.159 e.